The Balaban J connectivity index is 2.68. The lowest BCUT2D eigenvalue weighted by Gasteiger charge is -2.22. The lowest BCUT2D eigenvalue weighted by Crippen LogP contribution is -2.43. The van der Waals surface area contributed by atoms with Crippen molar-refractivity contribution >= 4 is 0 Å². The maximum atomic E-state index is 6.14. The summed E-state index contributed by atoms with van der Waals surface area (Å²) in [6.45, 7) is 6.92. The molecule has 0 spiro atoms. The van der Waals surface area contributed by atoms with Crippen molar-refractivity contribution in [1.82, 2.24) is 9.78 Å². The summed E-state index contributed by atoms with van der Waals surface area (Å²) in [5, 5.41) is 4.60. The molecule has 98 valence electrons. The van der Waals surface area contributed by atoms with Gasteiger partial charge in [0.25, 0.3) is 0 Å². The molecule has 4 heteroatoms. The van der Waals surface area contributed by atoms with Gasteiger partial charge in [0.2, 0.25) is 0 Å². The Hall–Kier alpha value is -0.870. The molecule has 0 aliphatic rings. The Bertz CT molecular complexity index is 329. The van der Waals surface area contributed by atoms with Crippen LogP contribution in [0.15, 0.2) is 12.3 Å². The smallest absolute Gasteiger partial charge is 0.0643 e. The standard InChI is InChI=1S/C13H25N3O/c1-5-12(6-2)16-8-7-11(15-16)9-13(3,14)10-17-4/h7-8,12H,5-6,9-10,14H2,1-4H3. The molecule has 0 aliphatic heterocycles. The van der Waals surface area contributed by atoms with Gasteiger partial charge in [-0.1, -0.05) is 13.8 Å². The van der Waals surface area contributed by atoms with Crippen LogP contribution in [0.3, 0.4) is 0 Å². The van der Waals surface area contributed by atoms with Gasteiger partial charge in [-0.2, -0.15) is 5.10 Å². The first-order chi connectivity index (χ1) is 8.02. The first-order valence-electron chi connectivity index (χ1n) is 6.34. The minimum atomic E-state index is -0.345. The van der Waals surface area contributed by atoms with E-state index in [1.54, 1.807) is 7.11 Å². The molecule has 1 aromatic rings. The van der Waals surface area contributed by atoms with Gasteiger partial charge in [0.1, 0.15) is 0 Å². The summed E-state index contributed by atoms with van der Waals surface area (Å²) >= 11 is 0. The van der Waals surface area contributed by atoms with Crippen LogP contribution in [0, 0.1) is 0 Å². The van der Waals surface area contributed by atoms with Crippen molar-refractivity contribution in [2.24, 2.45) is 5.73 Å². The van der Waals surface area contributed by atoms with Crippen LogP contribution in [0.25, 0.3) is 0 Å². The zero-order valence-corrected chi connectivity index (χ0v) is 11.4. The van der Waals surface area contributed by atoms with Crippen LogP contribution < -0.4 is 5.73 Å². The van der Waals surface area contributed by atoms with E-state index in [2.05, 4.69) is 35.9 Å². The predicted molar refractivity (Wildman–Crippen MR) is 70.0 cm³/mol. The fourth-order valence-electron chi connectivity index (χ4n) is 2.13. The highest BCUT2D eigenvalue weighted by Gasteiger charge is 2.20. The number of nitrogens with two attached hydrogens (primary N) is 1. The van der Waals surface area contributed by atoms with Crippen molar-refractivity contribution in [3.63, 3.8) is 0 Å². The number of hydrogen-bond acceptors (Lipinski definition) is 3. The van der Waals surface area contributed by atoms with Crippen LogP contribution in [-0.4, -0.2) is 29.0 Å². The van der Waals surface area contributed by atoms with E-state index in [1.807, 2.05) is 6.92 Å². The maximum absolute atomic E-state index is 6.14. The van der Waals surface area contributed by atoms with Gasteiger partial charge in [0, 0.05) is 25.3 Å². The van der Waals surface area contributed by atoms with Gasteiger partial charge in [-0.05, 0) is 25.8 Å². The Labute approximate surface area is 104 Å². The van der Waals surface area contributed by atoms with E-state index in [9.17, 15) is 0 Å². The van der Waals surface area contributed by atoms with Crippen LogP contribution in [-0.2, 0) is 11.2 Å². The number of aromatic nitrogens is 2. The predicted octanol–water partition coefficient (Wildman–Crippen LogP) is 2.15. The van der Waals surface area contributed by atoms with Gasteiger partial charge in [0.15, 0.2) is 0 Å². The van der Waals surface area contributed by atoms with Gasteiger partial charge >= 0.3 is 0 Å². The number of nitrogens with zero attached hydrogens (tertiary/aromatic N) is 2. The molecule has 17 heavy (non-hydrogen) atoms. The van der Waals surface area contributed by atoms with Gasteiger partial charge in [-0.15, -0.1) is 0 Å². The third-order valence-corrected chi connectivity index (χ3v) is 3.04. The number of hydrogen-bond donors (Lipinski definition) is 1. The molecule has 0 saturated carbocycles. The summed E-state index contributed by atoms with van der Waals surface area (Å²) in [5.41, 5.74) is 6.83. The van der Waals surface area contributed by atoms with E-state index in [0.717, 1.165) is 25.0 Å². The number of methoxy groups -OCH3 is 1. The molecule has 1 aromatic heterocycles. The second-order valence-electron chi connectivity index (χ2n) is 5.02. The molecule has 1 rings (SSSR count). The van der Waals surface area contributed by atoms with Crippen LogP contribution in [0.5, 0.6) is 0 Å². The fourth-order valence-corrected chi connectivity index (χ4v) is 2.13. The third-order valence-electron chi connectivity index (χ3n) is 3.04. The van der Waals surface area contributed by atoms with E-state index >= 15 is 0 Å². The van der Waals surface area contributed by atoms with Crippen molar-refractivity contribution < 1.29 is 4.74 Å². The summed E-state index contributed by atoms with van der Waals surface area (Å²) in [6.07, 6.45) is 5.01. The summed E-state index contributed by atoms with van der Waals surface area (Å²) in [6, 6.07) is 2.55. The average Bonchev–Trinajstić information content (AvgIpc) is 2.67. The van der Waals surface area contributed by atoms with Crippen molar-refractivity contribution in [3.05, 3.63) is 18.0 Å². The van der Waals surface area contributed by atoms with Crippen LogP contribution in [0.1, 0.15) is 45.3 Å². The number of ether oxygens (including phenoxy) is 1. The van der Waals surface area contributed by atoms with Crippen molar-refractivity contribution in [2.75, 3.05) is 13.7 Å². The highest BCUT2D eigenvalue weighted by molar-refractivity contribution is 5.05. The zero-order chi connectivity index (χ0) is 12.9. The lowest BCUT2D eigenvalue weighted by molar-refractivity contribution is 0.140. The molecular weight excluding hydrogens is 214 g/mol. The molecule has 2 N–H and O–H groups in total. The van der Waals surface area contributed by atoms with E-state index in [0.29, 0.717) is 12.6 Å². The molecule has 1 unspecified atom stereocenters. The molecule has 1 heterocycles. The average molecular weight is 239 g/mol. The molecule has 0 bridgehead atoms. The SMILES string of the molecule is CCC(CC)n1ccc(CC(C)(N)COC)n1. The van der Waals surface area contributed by atoms with Gasteiger partial charge in [-0.3, -0.25) is 4.68 Å². The second-order valence-corrected chi connectivity index (χ2v) is 5.02. The molecule has 0 aliphatic carbocycles. The first kappa shape index (κ1) is 14.2. The molecular formula is C13H25N3O. The Morgan fingerprint density at radius 2 is 2.12 bits per heavy atom. The summed E-state index contributed by atoms with van der Waals surface area (Å²) in [5.74, 6) is 0. The molecule has 0 radical (unpaired) electrons. The van der Waals surface area contributed by atoms with Gasteiger partial charge < -0.3 is 10.5 Å². The van der Waals surface area contributed by atoms with Crippen molar-refractivity contribution in [2.45, 2.75) is 51.6 Å². The summed E-state index contributed by atoms with van der Waals surface area (Å²) < 4.78 is 7.17. The molecule has 4 nitrogen and oxygen atoms in total. The topological polar surface area (TPSA) is 53.1 Å². The van der Waals surface area contributed by atoms with E-state index in [4.69, 9.17) is 10.5 Å². The monoisotopic (exact) mass is 239 g/mol. The maximum Gasteiger partial charge on any atom is 0.0643 e. The molecule has 0 amide bonds. The highest BCUT2D eigenvalue weighted by atomic mass is 16.5. The van der Waals surface area contributed by atoms with Crippen LogP contribution in [0.4, 0.5) is 0 Å². The highest BCUT2D eigenvalue weighted by Crippen LogP contribution is 2.16. The Morgan fingerprint density at radius 3 is 2.65 bits per heavy atom. The number of rotatable bonds is 7. The van der Waals surface area contributed by atoms with Crippen molar-refractivity contribution in [3.8, 4) is 0 Å². The largest absolute Gasteiger partial charge is 0.383 e. The molecule has 0 saturated heterocycles. The van der Waals surface area contributed by atoms with Crippen LogP contribution in [0.2, 0.25) is 0 Å². The van der Waals surface area contributed by atoms with Gasteiger partial charge in [-0.25, -0.2) is 0 Å². The van der Waals surface area contributed by atoms with E-state index < -0.39 is 0 Å². The fraction of sp³-hybridized carbons (Fsp3) is 0.769. The molecule has 0 fully saturated rings. The second kappa shape index (κ2) is 6.17. The minimum Gasteiger partial charge on any atom is -0.383 e. The Morgan fingerprint density at radius 1 is 1.47 bits per heavy atom. The van der Waals surface area contributed by atoms with E-state index in [1.165, 1.54) is 0 Å². The van der Waals surface area contributed by atoms with E-state index in [-0.39, 0.29) is 5.54 Å². The van der Waals surface area contributed by atoms with Crippen LogP contribution >= 0.6 is 0 Å². The lowest BCUT2D eigenvalue weighted by atomic mass is 9.99. The Kier molecular flexibility index (Phi) is 5.15. The first-order valence-corrected chi connectivity index (χ1v) is 6.34. The minimum absolute atomic E-state index is 0.345. The molecule has 0 aromatic carbocycles. The molecule has 1 atom stereocenters. The zero-order valence-electron chi connectivity index (χ0n) is 11.4. The third kappa shape index (κ3) is 4.13. The summed E-state index contributed by atoms with van der Waals surface area (Å²) in [4.78, 5) is 0. The quantitative estimate of drug-likeness (QED) is 0.793. The van der Waals surface area contributed by atoms with Crippen molar-refractivity contribution in [1.29, 1.82) is 0 Å². The summed E-state index contributed by atoms with van der Waals surface area (Å²) in [7, 11) is 1.67. The van der Waals surface area contributed by atoms with Gasteiger partial charge in [0.05, 0.1) is 18.3 Å². The normalized spacial score (nSPS) is 15.2.